The minimum absolute atomic E-state index is 0.170. The van der Waals surface area contributed by atoms with Crippen molar-refractivity contribution in [1.82, 2.24) is 10.3 Å². The number of aromatic nitrogens is 1. The number of hydrogen-bond donors (Lipinski definition) is 2. The first-order chi connectivity index (χ1) is 12.6. The van der Waals surface area contributed by atoms with E-state index in [1.165, 1.54) is 6.07 Å². The monoisotopic (exact) mass is 348 g/mol. The van der Waals surface area contributed by atoms with Gasteiger partial charge in [-0.15, -0.1) is 0 Å². The molecule has 0 radical (unpaired) electrons. The van der Waals surface area contributed by atoms with Gasteiger partial charge in [0.25, 0.3) is 5.91 Å². The number of rotatable bonds is 3. The van der Waals surface area contributed by atoms with Crippen LogP contribution >= 0.6 is 0 Å². The Morgan fingerprint density at radius 2 is 1.96 bits per heavy atom. The van der Waals surface area contributed by atoms with Crippen molar-refractivity contribution in [3.05, 3.63) is 71.4 Å². The molecule has 2 aromatic carbocycles. The van der Waals surface area contributed by atoms with E-state index < -0.39 is 5.97 Å². The van der Waals surface area contributed by atoms with E-state index in [1.807, 2.05) is 18.2 Å². The number of carbonyl (C=O) groups excluding carboxylic acids is 1. The Morgan fingerprint density at radius 1 is 1.12 bits per heavy atom. The number of carbonyl (C=O) groups is 2. The number of nitrogens with one attached hydrogen (secondary N) is 1. The molecule has 6 heteroatoms. The fourth-order valence-electron chi connectivity index (χ4n) is 3.13. The van der Waals surface area contributed by atoms with Gasteiger partial charge in [-0.3, -0.25) is 9.78 Å². The molecule has 6 nitrogen and oxygen atoms in total. The molecule has 1 aliphatic rings. The van der Waals surface area contributed by atoms with Crippen LogP contribution in [0.4, 0.5) is 0 Å². The molecule has 4 rings (SSSR count). The fourth-order valence-corrected chi connectivity index (χ4v) is 3.13. The van der Waals surface area contributed by atoms with Crippen LogP contribution < -0.4 is 10.1 Å². The third-order valence-corrected chi connectivity index (χ3v) is 4.47. The van der Waals surface area contributed by atoms with E-state index in [-0.39, 0.29) is 17.5 Å². The molecule has 0 fully saturated rings. The summed E-state index contributed by atoms with van der Waals surface area (Å²) in [4.78, 5) is 28.2. The summed E-state index contributed by atoms with van der Waals surface area (Å²) in [5.41, 5.74) is 2.12. The Kier molecular flexibility index (Phi) is 4.01. The lowest BCUT2D eigenvalue weighted by molar-refractivity contribution is 0.0696. The van der Waals surface area contributed by atoms with Crippen molar-refractivity contribution in [2.24, 2.45) is 0 Å². The Morgan fingerprint density at radius 3 is 2.81 bits per heavy atom. The van der Waals surface area contributed by atoms with E-state index in [0.29, 0.717) is 29.9 Å². The van der Waals surface area contributed by atoms with Crippen LogP contribution in [0.1, 0.15) is 38.7 Å². The molecule has 1 aliphatic heterocycles. The second-order valence-electron chi connectivity index (χ2n) is 6.13. The third kappa shape index (κ3) is 2.97. The van der Waals surface area contributed by atoms with Gasteiger partial charge in [-0.25, -0.2) is 4.79 Å². The second kappa shape index (κ2) is 6.48. The van der Waals surface area contributed by atoms with Crippen LogP contribution in [0.2, 0.25) is 0 Å². The Bertz CT molecular complexity index is 1020. The van der Waals surface area contributed by atoms with Gasteiger partial charge in [-0.1, -0.05) is 12.1 Å². The van der Waals surface area contributed by atoms with Crippen LogP contribution in [0, 0.1) is 0 Å². The molecule has 0 saturated carbocycles. The SMILES string of the molecule is O=C(O)c1ccc2c(c1)C(NC(=O)c1ccc3cccnc3c1)CCO2. The Balaban J connectivity index is 1.62. The van der Waals surface area contributed by atoms with Gasteiger partial charge in [0.1, 0.15) is 5.75 Å². The van der Waals surface area contributed by atoms with E-state index >= 15 is 0 Å². The molecule has 0 aliphatic carbocycles. The third-order valence-electron chi connectivity index (χ3n) is 4.47. The molecular weight excluding hydrogens is 332 g/mol. The van der Waals surface area contributed by atoms with E-state index in [2.05, 4.69) is 10.3 Å². The highest BCUT2D eigenvalue weighted by molar-refractivity contribution is 5.98. The zero-order valence-corrected chi connectivity index (χ0v) is 13.8. The molecule has 0 bridgehead atoms. The van der Waals surface area contributed by atoms with Crippen LogP contribution in [0.5, 0.6) is 5.75 Å². The number of fused-ring (bicyclic) bond motifs is 2. The predicted octanol–water partition coefficient (Wildman–Crippen LogP) is 3.19. The minimum Gasteiger partial charge on any atom is -0.493 e. The minimum atomic E-state index is -1.01. The summed E-state index contributed by atoms with van der Waals surface area (Å²) in [5, 5.41) is 13.1. The zero-order valence-electron chi connectivity index (χ0n) is 13.8. The highest BCUT2D eigenvalue weighted by Crippen LogP contribution is 2.33. The molecule has 1 aromatic heterocycles. The average Bonchev–Trinajstić information content (AvgIpc) is 2.67. The van der Waals surface area contributed by atoms with Crippen molar-refractivity contribution in [2.45, 2.75) is 12.5 Å². The first-order valence-electron chi connectivity index (χ1n) is 8.27. The van der Waals surface area contributed by atoms with E-state index in [1.54, 1.807) is 30.5 Å². The highest BCUT2D eigenvalue weighted by atomic mass is 16.5. The summed E-state index contributed by atoms with van der Waals surface area (Å²) < 4.78 is 5.58. The van der Waals surface area contributed by atoms with Gasteiger partial charge in [0.2, 0.25) is 0 Å². The van der Waals surface area contributed by atoms with Gasteiger partial charge < -0.3 is 15.2 Å². The number of amides is 1. The number of nitrogens with zero attached hydrogens (tertiary/aromatic N) is 1. The number of carboxylic acids is 1. The Hall–Kier alpha value is -3.41. The average molecular weight is 348 g/mol. The topological polar surface area (TPSA) is 88.5 Å². The van der Waals surface area contributed by atoms with Crippen molar-refractivity contribution in [3.63, 3.8) is 0 Å². The summed E-state index contributed by atoms with van der Waals surface area (Å²) in [5.74, 6) is -0.632. The summed E-state index contributed by atoms with van der Waals surface area (Å²) in [7, 11) is 0. The normalized spacial score (nSPS) is 15.8. The quantitative estimate of drug-likeness (QED) is 0.759. The van der Waals surface area contributed by atoms with E-state index in [0.717, 1.165) is 10.9 Å². The molecule has 0 saturated heterocycles. The molecule has 0 spiro atoms. The van der Waals surface area contributed by atoms with Crippen LogP contribution in [-0.2, 0) is 0 Å². The lowest BCUT2D eigenvalue weighted by Gasteiger charge is -2.27. The molecule has 1 atom stereocenters. The van der Waals surface area contributed by atoms with Gasteiger partial charge in [0.15, 0.2) is 0 Å². The maximum absolute atomic E-state index is 12.7. The van der Waals surface area contributed by atoms with E-state index in [9.17, 15) is 14.7 Å². The lowest BCUT2D eigenvalue weighted by atomic mass is 9.97. The van der Waals surface area contributed by atoms with Crippen molar-refractivity contribution in [2.75, 3.05) is 6.61 Å². The molecule has 1 amide bonds. The maximum Gasteiger partial charge on any atom is 0.335 e. The summed E-state index contributed by atoms with van der Waals surface area (Å²) in [6.45, 7) is 0.462. The van der Waals surface area contributed by atoms with Crippen LogP contribution in [0.3, 0.4) is 0 Å². The first-order valence-corrected chi connectivity index (χ1v) is 8.27. The van der Waals surface area contributed by atoms with Gasteiger partial charge in [-0.2, -0.15) is 0 Å². The van der Waals surface area contributed by atoms with Gasteiger partial charge in [0.05, 0.1) is 23.7 Å². The number of pyridine rings is 1. The summed E-state index contributed by atoms with van der Waals surface area (Å²) >= 11 is 0. The van der Waals surface area contributed by atoms with Crippen molar-refractivity contribution in [3.8, 4) is 5.75 Å². The molecule has 2 heterocycles. The maximum atomic E-state index is 12.7. The van der Waals surface area contributed by atoms with Crippen LogP contribution in [0.15, 0.2) is 54.7 Å². The number of ether oxygens (including phenoxy) is 1. The molecule has 1 unspecified atom stereocenters. The van der Waals surface area contributed by atoms with Crippen LogP contribution in [-0.4, -0.2) is 28.6 Å². The predicted molar refractivity (Wildman–Crippen MR) is 95.5 cm³/mol. The largest absolute Gasteiger partial charge is 0.493 e. The molecule has 130 valence electrons. The lowest BCUT2D eigenvalue weighted by Crippen LogP contribution is -2.32. The molecular formula is C20H16N2O4. The number of benzene rings is 2. The molecule has 2 N–H and O–H groups in total. The fraction of sp³-hybridized carbons (Fsp3) is 0.150. The summed E-state index contributed by atoms with van der Waals surface area (Å²) in [6.07, 6.45) is 2.26. The van der Waals surface area contributed by atoms with Gasteiger partial charge in [0, 0.05) is 29.1 Å². The number of aromatic carboxylic acids is 1. The summed E-state index contributed by atoms with van der Waals surface area (Å²) in [6, 6.07) is 13.5. The highest BCUT2D eigenvalue weighted by Gasteiger charge is 2.25. The smallest absolute Gasteiger partial charge is 0.335 e. The molecule has 26 heavy (non-hydrogen) atoms. The van der Waals surface area contributed by atoms with Crippen LogP contribution in [0.25, 0.3) is 10.9 Å². The Labute approximate surface area is 149 Å². The van der Waals surface area contributed by atoms with Gasteiger partial charge in [-0.05, 0) is 36.4 Å². The van der Waals surface area contributed by atoms with Crippen molar-refractivity contribution in [1.29, 1.82) is 0 Å². The van der Waals surface area contributed by atoms with Crippen molar-refractivity contribution >= 4 is 22.8 Å². The molecule has 3 aromatic rings. The van der Waals surface area contributed by atoms with Gasteiger partial charge >= 0.3 is 5.97 Å². The van der Waals surface area contributed by atoms with Crippen molar-refractivity contribution < 1.29 is 19.4 Å². The number of carboxylic acid groups (broad SMARTS) is 1. The van der Waals surface area contributed by atoms with E-state index in [4.69, 9.17) is 4.74 Å². The standard InChI is InChI=1S/C20H16N2O4/c23-19(13-4-3-12-2-1-8-21-17(12)11-13)22-16-7-9-26-18-6-5-14(20(24)25)10-15(16)18/h1-6,8,10-11,16H,7,9H2,(H,22,23)(H,24,25). The zero-order chi connectivity index (χ0) is 18.1. The first kappa shape index (κ1) is 16.1. The number of hydrogen-bond acceptors (Lipinski definition) is 4. The second-order valence-corrected chi connectivity index (χ2v) is 6.13.